The van der Waals surface area contributed by atoms with Gasteiger partial charge in [0.15, 0.2) is 11.5 Å². The summed E-state index contributed by atoms with van der Waals surface area (Å²) in [5, 5.41) is 4.75. The molecule has 5 rings (SSSR count). The topological polar surface area (TPSA) is 76.3 Å². The van der Waals surface area contributed by atoms with E-state index in [9.17, 15) is 4.79 Å². The monoisotopic (exact) mass is 412 g/mol. The second kappa shape index (κ2) is 7.91. The summed E-state index contributed by atoms with van der Waals surface area (Å²) in [7, 11) is 0. The fourth-order valence-electron chi connectivity index (χ4n) is 4.29. The maximum Gasteiger partial charge on any atom is 0.254 e. The number of hydrogen-bond acceptors (Lipinski definition) is 5. The lowest BCUT2D eigenvalue weighted by Gasteiger charge is -2.31. The molecule has 1 atom stereocenters. The van der Waals surface area contributed by atoms with E-state index in [0.29, 0.717) is 12.1 Å². The number of hydrogen-bond donors (Lipinski definition) is 0. The first-order valence-electron chi connectivity index (χ1n) is 10.6. The van der Waals surface area contributed by atoms with Crippen molar-refractivity contribution in [3.8, 4) is 11.1 Å². The van der Waals surface area contributed by atoms with E-state index >= 15 is 0 Å². The normalized spacial score (nSPS) is 16.6. The summed E-state index contributed by atoms with van der Waals surface area (Å²) >= 11 is 0. The number of pyridine rings is 3. The Hall–Kier alpha value is -3.61. The zero-order valence-corrected chi connectivity index (χ0v) is 17.7. The zero-order chi connectivity index (χ0) is 21.4. The number of piperidine rings is 1. The number of rotatable bonds is 3. The summed E-state index contributed by atoms with van der Waals surface area (Å²) in [5.41, 5.74) is 5.33. The van der Waals surface area contributed by atoms with E-state index in [-0.39, 0.29) is 11.8 Å². The predicted molar refractivity (Wildman–Crippen MR) is 118 cm³/mol. The molecule has 0 aromatic carbocycles. The van der Waals surface area contributed by atoms with Gasteiger partial charge in [0.25, 0.3) is 5.91 Å². The van der Waals surface area contributed by atoms with E-state index in [4.69, 9.17) is 10.1 Å². The molecule has 1 fully saturated rings. The molecule has 5 heterocycles. The smallest absolute Gasteiger partial charge is 0.254 e. The third kappa shape index (κ3) is 3.91. The Morgan fingerprint density at radius 1 is 1.06 bits per heavy atom. The maximum atomic E-state index is 13.1. The van der Waals surface area contributed by atoms with Gasteiger partial charge in [-0.1, -0.05) is 6.07 Å². The first-order valence-corrected chi connectivity index (χ1v) is 10.6. The lowest BCUT2D eigenvalue weighted by atomic mass is 9.96. The summed E-state index contributed by atoms with van der Waals surface area (Å²) in [4.78, 5) is 28.4. The minimum absolute atomic E-state index is 0.0564. The van der Waals surface area contributed by atoms with Gasteiger partial charge in [0.05, 0.1) is 0 Å². The first-order chi connectivity index (χ1) is 15.1. The van der Waals surface area contributed by atoms with E-state index in [1.807, 2.05) is 72.1 Å². The Bertz CT molecular complexity index is 1230. The molecular formula is C24H24N6O. The van der Waals surface area contributed by atoms with Crippen LogP contribution in [0.15, 0.2) is 55.0 Å². The predicted octanol–water partition coefficient (Wildman–Crippen LogP) is 3.82. The number of likely N-dealkylation sites (tertiary alicyclic amines) is 1. The highest BCUT2D eigenvalue weighted by Gasteiger charge is 2.28. The molecule has 0 N–H and O–H groups in total. The molecule has 7 nitrogen and oxygen atoms in total. The molecule has 31 heavy (non-hydrogen) atoms. The molecule has 1 aliphatic rings. The van der Waals surface area contributed by atoms with Crippen molar-refractivity contribution in [2.24, 2.45) is 0 Å². The molecule has 0 radical (unpaired) electrons. The molecule has 156 valence electrons. The molecule has 0 aliphatic carbocycles. The van der Waals surface area contributed by atoms with Crippen molar-refractivity contribution in [3.63, 3.8) is 0 Å². The molecule has 4 aromatic rings. The lowest BCUT2D eigenvalue weighted by molar-refractivity contribution is 0.0704. The van der Waals surface area contributed by atoms with E-state index in [1.165, 1.54) is 0 Å². The van der Waals surface area contributed by atoms with Crippen LogP contribution in [0, 0.1) is 13.8 Å². The van der Waals surface area contributed by atoms with Crippen molar-refractivity contribution in [1.29, 1.82) is 0 Å². The molecule has 1 amide bonds. The zero-order valence-electron chi connectivity index (χ0n) is 17.7. The standard InChI is InChI=1S/C24H24N6O/c1-16-11-21(12-17(2)26-16)24(31)29-10-4-6-20(14-29)23-27-22-8-7-19(15-30(22)28-23)18-5-3-9-25-13-18/h3,5,7-9,11-13,15,20H,4,6,10,14H2,1-2H3/t20-/m0/s1. The van der Waals surface area contributed by atoms with Crippen LogP contribution in [0.4, 0.5) is 0 Å². The molecule has 0 unspecified atom stereocenters. The summed E-state index contributed by atoms with van der Waals surface area (Å²) in [6, 6.07) is 11.7. The summed E-state index contributed by atoms with van der Waals surface area (Å²) in [5.74, 6) is 0.979. The average molecular weight is 412 g/mol. The molecule has 7 heteroatoms. The highest BCUT2D eigenvalue weighted by molar-refractivity contribution is 5.94. The van der Waals surface area contributed by atoms with Crippen molar-refractivity contribution in [2.75, 3.05) is 13.1 Å². The van der Waals surface area contributed by atoms with E-state index in [1.54, 1.807) is 6.20 Å². The van der Waals surface area contributed by atoms with Crippen LogP contribution in [0.2, 0.25) is 0 Å². The van der Waals surface area contributed by atoms with Crippen molar-refractivity contribution in [1.82, 2.24) is 29.5 Å². The number of amides is 1. The molecule has 1 saturated heterocycles. The van der Waals surface area contributed by atoms with Crippen LogP contribution in [0.5, 0.6) is 0 Å². The minimum atomic E-state index is 0.0564. The van der Waals surface area contributed by atoms with Gasteiger partial charge in [-0.2, -0.15) is 5.10 Å². The number of aryl methyl sites for hydroxylation is 2. The second-order valence-corrected chi connectivity index (χ2v) is 8.16. The van der Waals surface area contributed by atoms with Crippen LogP contribution >= 0.6 is 0 Å². The number of carbonyl (C=O) groups excluding carboxylic acids is 1. The Labute approximate surface area is 180 Å². The van der Waals surface area contributed by atoms with Gasteiger partial charge in [-0.15, -0.1) is 0 Å². The van der Waals surface area contributed by atoms with Gasteiger partial charge in [-0.3, -0.25) is 14.8 Å². The van der Waals surface area contributed by atoms with Gasteiger partial charge in [0.1, 0.15) is 0 Å². The highest BCUT2D eigenvalue weighted by Crippen LogP contribution is 2.27. The summed E-state index contributed by atoms with van der Waals surface area (Å²) < 4.78 is 1.83. The third-order valence-electron chi connectivity index (χ3n) is 5.74. The van der Waals surface area contributed by atoms with Gasteiger partial charge in [0.2, 0.25) is 0 Å². The average Bonchev–Trinajstić information content (AvgIpc) is 3.22. The third-order valence-corrected chi connectivity index (χ3v) is 5.74. The maximum absolute atomic E-state index is 13.1. The van der Waals surface area contributed by atoms with Gasteiger partial charge in [-0.05, 0) is 57.0 Å². The van der Waals surface area contributed by atoms with Crippen LogP contribution in [-0.2, 0) is 0 Å². The van der Waals surface area contributed by atoms with Gasteiger partial charge in [0, 0.05) is 65.7 Å². The van der Waals surface area contributed by atoms with Crippen molar-refractivity contribution in [3.05, 3.63) is 77.8 Å². The lowest BCUT2D eigenvalue weighted by Crippen LogP contribution is -2.39. The summed E-state index contributed by atoms with van der Waals surface area (Å²) in [6.45, 7) is 5.23. The van der Waals surface area contributed by atoms with Crippen molar-refractivity contribution in [2.45, 2.75) is 32.6 Å². The largest absolute Gasteiger partial charge is 0.338 e. The number of carbonyl (C=O) groups is 1. The van der Waals surface area contributed by atoms with Gasteiger partial charge < -0.3 is 4.90 Å². The molecule has 1 aliphatic heterocycles. The summed E-state index contributed by atoms with van der Waals surface area (Å²) in [6.07, 6.45) is 7.50. The molecule has 4 aromatic heterocycles. The molecule has 0 spiro atoms. The van der Waals surface area contributed by atoms with Crippen LogP contribution in [0.25, 0.3) is 16.8 Å². The van der Waals surface area contributed by atoms with Gasteiger partial charge in [-0.25, -0.2) is 9.50 Å². The fraction of sp³-hybridized carbons (Fsp3) is 0.292. The molecular weight excluding hydrogens is 388 g/mol. The van der Waals surface area contributed by atoms with Crippen LogP contribution in [0.3, 0.4) is 0 Å². The number of aromatic nitrogens is 5. The second-order valence-electron chi connectivity index (χ2n) is 8.16. The Kier molecular flexibility index (Phi) is 4.94. The number of fused-ring (bicyclic) bond motifs is 1. The van der Waals surface area contributed by atoms with E-state index < -0.39 is 0 Å². The van der Waals surface area contributed by atoms with E-state index in [2.05, 4.69) is 9.97 Å². The first kappa shape index (κ1) is 19.4. The van der Waals surface area contributed by atoms with Gasteiger partial charge >= 0.3 is 0 Å². The Morgan fingerprint density at radius 3 is 2.68 bits per heavy atom. The van der Waals surface area contributed by atoms with Crippen LogP contribution in [-0.4, -0.2) is 48.5 Å². The Morgan fingerprint density at radius 2 is 1.90 bits per heavy atom. The minimum Gasteiger partial charge on any atom is -0.338 e. The SMILES string of the molecule is Cc1cc(C(=O)N2CCC[C@H](c3nc4ccc(-c5cccnc5)cn4n3)C2)cc(C)n1. The number of nitrogens with zero attached hydrogens (tertiary/aromatic N) is 6. The Balaban J connectivity index is 1.39. The fourth-order valence-corrected chi connectivity index (χ4v) is 4.29. The highest BCUT2D eigenvalue weighted by atomic mass is 16.2. The van der Waals surface area contributed by atoms with Crippen molar-refractivity contribution < 1.29 is 4.79 Å². The van der Waals surface area contributed by atoms with E-state index in [0.717, 1.165) is 53.4 Å². The molecule has 0 saturated carbocycles. The quantitative estimate of drug-likeness (QED) is 0.511. The van der Waals surface area contributed by atoms with Crippen molar-refractivity contribution >= 4 is 11.6 Å². The molecule has 0 bridgehead atoms. The van der Waals surface area contributed by atoms with Crippen LogP contribution in [0.1, 0.15) is 46.3 Å². The van der Waals surface area contributed by atoms with Crippen LogP contribution < -0.4 is 0 Å².